The molecule has 0 spiro atoms. The lowest BCUT2D eigenvalue weighted by Crippen LogP contribution is -2.48. The molecular formula is C27H30N2O5S. The molecule has 1 aliphatic heterocycles. The third-order valence-corrected chi connectivity index (χ3v) is 8.81. The van der Waals surface area contributed by atoms with Gasteiger partial charge in [-0.25, -0.2) is 9.59 Å². The first-order chi connectivity index (χ1) is 17.0. The molecular weight excluding hydrogens is 464 g/mol. The van der Waals surface area contributed by atoms with E-state index in [1.54, 1.807) is 0 Å². The average Bonchev–Trinajstić information content (AvgIpc) is 3.57. The lowest BCUT2D eigenvalue weighted by Gasteiger charge is -2.30. The van der Waals surface area contributed by atoms with Gasteiger partial charge in [-0.05, 0) is 47.9 Å². The Morgan fingerprint density at radius 1 is 1.06 bits per heavy atom. The van der Waals surface area contributed by atoms with Crippen molar-refractivity contribution in [3.63, 3.8) is 0 Å². The standard InChI is InChI=1S/C27H30N2O5S/c1-16-29(24(15-35-16)26(31)32)25(30)18-12-6-7-17(18)13-28-27(33)34-14-23-21-10-4-2-8-19(21)20-9-3-5-11-22(20)23/h2-5,8-11,16-18,23-24H,6-7,12-15H2,1H3,(H,28,33)(H,31,32)/t16?,17-,18-,24?/m1/s1. The number of hydrogen-bond acceptors (Lipinski definition) is 5. The van der Waals surface area contributed by atoms with E-state index < -0.39 is 18.1 Å². The largest absolute Gasteiger partial charge is 0.480 e. The molecule has 5 rings (SSSR count). The molecule has 0 radical (unpaired) electrons. The SMILES string of the molecule is CC1SCC(C(=O)O)N1C(=O)[C@@H]1CCC[C@@H]1CNC(=O)OCC1c2ccccc2-c2ccccc21. The molecule has 1 saturated carbocycles. The van der Waals surface area contributed by atoms with Gasteiger partial charge >= 0.3 is 12.1 Å². The molecule has 8 heteroatoms. The number of nitrogens with one attached hydrogen (secondary N) is 1. The molecule has 4 atom stereocenters. The van der Waals surface area contributed by atoms with E-state index in [1.165, 1.54) is 27.8 Å². The van der Waals surface area contributed by atoms with Gasteiger partial charge in [0.05, 0.1) is 5.37 Å². The lowest BCUT2D eigenvalue weighted by molar-refractivity contribution is -0.151. The third-order valence-electron chi connectivity index (χ3n) is 7.59. The van der Waals surface area contributed by atoms with Crippen LogP contribution in [0.5, 0.6) is 0 Å². The minimum Gasteiger partial charge on any atom is -0.480 e. The Kier molecular flexibility index (Phi) is 6.73. The molecule has 2 aromatic rings. The predicted octanol–water partition coefficient (Wildman–Crippen LogP) is 4.32. The summed E-state index contributed by atoms with van der Waals surface area (Å²) in [7, 11) is 0. The van der Waals surface area contributed by atoms with Gasteiger partial charge in [-0.1, -0.05) is 55.0 Å². The van der Waals surface area contributed by atoms with Crippen LogP contribution in [0.2, 0.25) is 0 Å². The average molecular weight is 495 g/mol. The van der Waals surface area contributed by atoms with E-state index in [0.29, 0.717) is 12.3 Å². The molecule has 0 aromatic heterocycles. The van der Waals surface area contributed by atoms with Crippen molar-refractivity contribution in [1.29, 1.82) is 0 Å². The summed E-state index contributed by atoms with van der Waals surface area (Å²) in [5.74, 6) is -0.941. The van der Waals surface area contributed by atoms with E-state index in [9.17, 15) is 19.5 Å². The highest BCUT2D eigenvalue weighted by Gasteiger charge is 2.44. The van der Waals surface area contributed by atoms with E-state index in [-0.39, 0.29) is 35.6 Å². The number of carbonyl (C=O) groups is 3. The van der Waals surface area contributed by atoms with Crippen molar-refractivity contribution < 1.29 is 24.2 Å². The molecule has 0 bridgehead atoms. The number of carboxylic acids is 1. The van der Waals surface area contributed by atoms with Crippen molar-refractivity contribution in [2.24, 2.45) is 11.8 Å². The van der Waals surface area contributed by atoms with Gasteiger partial charge in [0.15, 0.2) is 0 Å². The summed E-state index contributed by atoms with van der Waals surface area (Å²) in [6.07, 6.45) is 1.95. The van der Waals surface area contributed by atoms with Gasteiger partial charge in [-0.2, -0.15) is 0 Å². The molecule has 2 aliphatic carbocycles. The summed E-state index contributed by atoms with van der Waals surface area (Å²) < 4.78 is 5.63. The quantitative estimate of drug-likeness (QED) is 0.621. The number of fused-ring (bicyclic) bond motifs is 3. The van der Waals surface area contributed by atoms with E-state index in [0.717, 1.165) is 30.4 Å². The van der Waals surface area contributed by atoms with Crippen LogP contribution < -0.4 is 5.32 Å². The van der Waals surface area contributed by atoms with Gasteiger partial charge in [0.25, 0.3) is 0 Å². The van der Waals surface area contributed by atoms with Crippen LogP contribution in [0.1, 0.15) is 43.2 Å². The molecule has 2 aromatic carbocycles. The number of thioether (sulfide) groups is 1. The third kappa shape index (κ3) is 4.51. The summed E-state index contributed by atoms with van der Waals surface area (Å²) in [5.41, 5.74) is 4.68. The summed E-state index contributed by atoms with van der Waals surface area (Å²) in [4.78, 5) is 39.0. The second kappa shape index (κ2) is 9.93. The van der Waals surface area contributed by atoms with Crippen molar-refractivity contribution >= 4 is 29.7 Å². The zero-order valence-corrected chi connectivity index (χ0v) is 20.5. The number of rotatable bonds is 6. The number of carboxylic acid groups (broad SMARTS) is 1. The van der Waals surface area contributed by atoms with E-state index in [1.807, 2.05) is 31.2 Å². The Morgan fingerprint density at radius 3 is 2.37 bits per heavy atom. The van der Waals surface area contributed by atoms with Crippen LogP contribution in [0.25, 0.3) is 11.1 Å². The highest BCUT2D eigenvalue weighted by molar-refractivity contribution is 8.00. The summed E-state index contributed by atoms with van der Waals surface area (Å²) in [6, 6.07) is 15.6. The van der Waals surface area contributed by atoms with Crippen LogP contribution >= 0.6 is 11.8 Å². The van der Waals surface area contributed by atoms with Gasteiger partial charge in [0.2, 0.25) is 5.91 Å². The van der Waals surface area contributed by atoms with Crippen LogP contribution in [0, 0.1) is 11.8 Å². The molecule has 1 saturated heterocycles. The number of alkyl carbamates (subject to hydrolysis) is 1. The molecule has 3 aliphatic rings. The van der Waals surface area contributed by atoms with Crippen LogP contribution in [-0.4, -0.2) is 58.3 Å². The maximum absolute atomic E-state index is 13.3. The zero-order chi connectivity index (χ0) is 24.5. The van der Waals surface area contributed by atoms with E-state index >= 15 is 0 Å². The Bertz CT molecular complexity index is 1090. The second-order valence-electron chi connectivity index (χ2n) is 9.54. The molecule has 7 nitrogen and oxygen atoms in total. The first-order valence-corrected chi connectivity index (χ1v) is 13.3. The smallest absolute Gasteiger partial charge is 0.407 e. The molecule has 2 N–H and O–H groups in total. The number of ether oxygens (including phenoxy) is 1. The number of aliphatic carboxylic acids is 1. The van der Waals surface area contributed by atoms with Gasteiger partial charge < -0.3 is 20.1 Å². The fraction of sp³-hybridized carbons (Fsp3) is 0.444. The Hall–Kier alpha value is -3.00. The molecule has 2 unspecified atom stereocenters. The maximum Gasteiger partial charge on any atom is 0.407 e. The minimum atomic E-state index is -0.957. The zero-order valence-electron chi connectivity index (χ0n) is 19.7. The molecule has 35 heavy (non-hydrogen) atoms. The molecule has 184 valence electrons. The molecule has 1 heterocycles. The van der Waals surface area contributed by atoms with Gasteiger partial charge in [0.1, 0.15) is 12.6 Å². The fourth-order valence-corrected chi connectivity index (χ4v) is 7.00. The maximum atomic E-state index is 13.3. The normalized spacial score (nSPS) is 25.2. The molecule has 2 fully saturated rings. The number of nitrogens with zero attached hydrogens (tertiary/aromatic N) is 1. The van der Waals surface area contributed by atoms with Crippen molar-refractivity contribution in [2.45, 2.75) is 43.5 Å². The van der Waals surface area contributed by atoms with E-state index in [2.05, 4.69) is 29.6 Å². The van der Waals surface area contributed by atoms with Crippen LogP contribution in [0.3, 0.4) is 0 Å². The van der Waals surface area contributed by atoms with E-state index in [4.69, 9.17) is 4.74 Å². The van der Waals surface area contributed by atoms with Crippen LogP contribution in [-0.2, 0) is 14.3 Å². The summed E-state index contributed by atoms with van der Waals surface area (Å²) in [6.45, 7) is 2.47. The van der Waals surface area contributed by atoms with Crippen LogP contribution in [0.15, 0.2) is 48.5 Å². The number of benzene rings is 2. The first kappa shape index (κ1) is 23.7. The summed E-state index contributed by atoms with van der Waals surface area (Å²) in [5, 5.41) is 12.2. The minimum absolute atomic E-state index is 0.00365. The first-order valence-electron chi connectivity index (χ1n) is 12.2. The van der Waals surface area contributed by atoms with Crippen molar-refractivity contribution in [1.82, 2.24) is 10.2 Å². The Balaban J connectivity index is 1.18. The summed E-state index contributed by atoms with van der Waals surface area (Å²) >= 11 is 1.49. The predicted molar refractivity (Wildman–Crippen MR) is 134 cm³/mol. The van der Waals surface area contributed by atoms with Gasteiger partial charge in [-0.3, -0.25) is 4.79 Å². The Morgan fingerprint density at radius 2 is 1.71 bits per heavy atom. The van der Waals surface area contributed by atoms with Gasteiger partial charge in [-0.15, -0.1) is 11.8 Å². The van der Waals surface area contributed by atoms with Crippen molar-refractivity contribution in [3.05, 3.63) is 59.7 Å². The topological polar surface area (TPSA) is 95.9 Å². The monoisotopic (exact) mass is 494 g/mol. The fourth-order valence-electron chi connectivity index (χ4n) is 5.83. The highest BCUT2D eigenvalue weighted by atomic mass is 32.2. The number of carbonyl (C=O) groups excluding carboxylic acids is 2. The van der Waals surface area contributed by atoms with Crippen molar-refractivity contribution in [2.75, 3.05) is 18.9 Å². The number of amides is 2. The van der Waals surface area contributed by atoms with Crippen LogP contribution in [0.4, 0.5) is 4.79 Å². The molecule has 2 amide bonds. The second-order valence-corrected chi connectivity index (χ2v) is 10.9. The van der Waals surface area contributed by atoms with Gasteiger partial charge in [0, 0.05) is 24.1 Å². The lowest BCUT2D eigenvalue weighted by atomic mass is 9.94. The van der Waals surface area contributed by atoms with Crippen molar-refractivity contribution in [3.8, 4) is 11.1 Å². The Labute approximate surface area is 209 Å². The number of hydrogen-bond donors (Lipinski definition) is 2. The highest BCUT2D eigenvalue weighted by Crippen LogP contribution is 2.44.